The number of aliphatic hydroxyl groups excluding tert-OH is 7. The molecule has 0 aromatic rings. The van der Waals surface area contributed by atoms with Crippen LogP contribution in [0.1, 0.15) is 99.3 Å². The van der Waals surface area contributed by atoms with E-state index in [-0.39, 0.29) is 46.0 Å². The molecule has 5 aliphatic carbocycles. The molecular formula is C36H58O10. The van der Waals surface area contributed by atoms with Crippen LogP contribution in [0.2, 0.25) is 0 Å². The van der Waals surface area contributed by atoms with Gasteiger partial charge in [0.1, 0.15) is 24.4 Å². The van der Waals surface area contributed by atoms with E-state index >= 15 is 0 Å². The zero-order valence-electron chi connectivity index (χ0n) is 28.5. The molecule has 1 aliphatic heterocycles. The topological polar surface area (TPSA) is 177 Å². The number of hydrogen-bond acceptors (Lipinski definition) is 10. The van der Waals surface area contributed by atoms with Crippen LogP contribution in [0, 0.1) is 50.2 Å². The fourth-order valence-corrected chi connectivity index (χ4v) is 12.1. The number of allylic oxidation sites excluding steroid dienone is 2. The van der Waals surface area contributed by atoms with Crippen molar-refractivity contribution in [2.24, 2.45) is 50.2 Å². The van der Waals surface area contributed by atoms with Gasteiger partial charge in [-0.1, -0.05) is 53.2 Å². The summed E-state index contributed by atoms with van der Waals surface area (Å²) in [4.78, 5) is 14.4. The molecule has 10 heteroatoms. The van der Waals surface area contributed by atoms with Gasteiger partial charge in [0.2, 0.25) is 6.29 Å². The highest BCUT2D eigenvalue weighted by Crippen LogP contribution is 2.75. The molecular weight excluding hydrogens is 592 g/mol. The second-order valence-corrected chi connectivity index (χ2v) is 17.9. The summed E-state index contributed by atoms with van der Waals surface area (Å²) in [7, 11) is 0. The van der Waals surface area contributed by atoms with Crippen molar-refractivity contribution >= 4 is 5.97 Å². The molecule has 1 saturated heterocycles. The quantitative estimate of drug-likeness (QED) is 0.177. The lowest BCUT2D eigenvalue weighted by Crippen LogP contribution is -2.68. The highest BCUT2D eigenvalue weighted by atomic mass is 16.7. The molecule has 0 aromatic carbocycles. The van der Waals surface area contributed by atoms with Crippen molar-refractivity contribution in [3.63, 3.8) is 0 Å². The fourth-order valence-electron chi connectivity index (χ4n) is 12.1. The summed E-state index contributed by atoms with van der Waals surface area (Å²) in [5, 5.41) is 73.8. The van der Waals surface area contributed by atoms with Crippen LogP contribution < -0.4 is 0 Å². The minimum atomic E-state index is -1.65. The van der Waals surface area contributed by atoms with Gasteiger partial charge in [-0.15, -0.1) is 0 Å². The second kappa shape index (κ2) is 11.2. The van der Waals surface area contributed by atoms with E-state index in [2.05, 4.69) is 40.7 Å². The van der Waals surface area contributed by atoms with Crippen LogP contribution in [0.4, 0.5) is 0 Å². The molecule has 6 aliphatic rings. The predicted molar refractivity (Wildman–Crippen MR) is 168 cm³/mol. The van der Waals surface area contributed by atoms with Crippen molar-refractivity contribution in [2.45, 2.75) is 142 Å². The number of ether oxygens (including phenoxy) is 2. The molecule has 7 N–H and O–H groups in total. The van der Waals surface area contributed by atoms with Gasteiger partial charge in [-0.05, 0) is 97.2 Å². The van der Waals surface area contributed by atoms with E-state index in [0.717, 1.165) is 38.5 Å². The number of fused-ring (bicyclic) bond motifs is 7. The fraction of sp³-hybridized carbons (Fsp3) is 0.917. The first-order chi connectivity index (χ1) is 21.3. The number of aliphatic hydroxyl groups is 7. The Morgan fingerprint density at radius 3 is 2.20 bits per heavy atom. The van der Waals surface area contributed by atoms with Crippen LogP contribution in [0.25, 0.3) is 0 Å². The van der Waals surface area contributed by atoms with Crippen molar-refractivity contribution in [1.29, 1.82) is 0 Å². The molecule has 0 spiro atoms. The lowest BCUT2D eigenvalue weighted by atomic mass is 9.33. The SMILES string of the molecule is CC1(C)CC[C@]2(C(=O)O[C@H]3O[C@@H](CO)[C@H](O)[C@@H](O)[C@@H]3O)CC[C@]3(C)C(=CC[C@@H]4[C@]5(C)C[C@@H](O)[C@@H](O)[C@](C)(CO)[C@H]5CC[C@]43C)[C@H]2C1. The Labute approximate surface area is 273 Å². The van der Waals surface area contributed by atoms with Gasteiger partial charge >= 0.3 is 5.97 Å². The largest absolute Gasteiger partial charge is 0.432 e. The summed E-state index contributed by atoms with van der Waals surface area (Å²) < 4.78 is 11.5. The molecule has 15 atom stereocenters. The Hall–Kier alpha value is -1.11. The molecule has 1 heterocycles. The first-order valence-electron chi connectivity index (χ1n) is 17.5. The third kappa shape index (κ3) is 4.60. The number of rotatable bonds is 4. The Bertz CT molecular complexity index is 1240. The number of carbonyl (C=O) groups excluding carboxylic acids is 1. The lowest BCUT2D eigenvalue weighted by molar-refractivity contribution is -0.297. The smallest absolute Gasteiger partial charge is 0.315 e. The minimum absolute atomic E-state index is 0.00930. The van der Waals surface area contributed by atoms with Gasteiger partial charge in [0, 0.05) is 5.41 Å². The predicted octanol–water partition coefficient (Wildman–Crippen LogP) is 2.44. The molecule has 5 fully saturated rings. The van der Waals surface area contributed by atoms with Gasteiger partial charge in [0.05, 0.1) is 30.8 Å². The van der Waals surface area contributed by atoms with Gasteiger partial charge < -0.3 is 45.2 Å². The van der Waals surface area contributed by atoms with Crippen LogP contribution in [0.3, 0.4) is 0 Å². The summed E-state index contributed by atoms with van der Waals surface area (Å²) in [5.41, 5.74) is -1.02. The molecule has 0 bridgehead atoms. The van der Waals surface area contributed by atoms with Crippen molar-refractivity contribution in [3.05, 3.63) is 11.6 Å². The zero-order chi connectivity index (χ0) is 33.8. The first-order valence-corrected chi connectivity index (χ1v) is 17.5. The second-order valence-electron chi connectivity index (χ2n) is 17.9. The van der Waals surface area contributed by atoms with Gasteiger partial charge in [-0.2, -0.15) is 0 Å². The highest BCUT2D eigenvalue weighted by Gasteiger charge is 2.71. The van der Waals surface area contributed by atoms with E-state index in [1.165, 1.54) is 5.57 Å². The van der Waals surface area contributed by atoms with Gasteiger partial charge in [0.25, 0.3) is 0 Å². The molecule has 0 unspecified atom stereocenters. The maximum Gasteiger partial charge on any atom is 0.315 e. The Morgan fingerprint density at radius 2 is 1.54 bits per heavy atom. The first kappa shape index (κ1) is 34.7. The van der Waals surface area contributed by atoms with Crippen LogP contribution in [0.5, 0.6) is 0 Å². The number of esters is 1. The molecule has 0 radical (unpaired) electrons. The molecule has 262 valence electrons. The van der Waals surface area contributed by atoms with Crippen LogP contribution in [-0.4, -0.2) is 97.8 Å². The summed E-state index contributed by atoms with van der Waals surface area (Å²) in [5.74, 6) is -0.293. The lowest BCUT2D eigenvalue weighted by Gasteiger charge is -2.71. The van der Waals surface area contributed by atoms with E-state index in [9.17, 15) is 40.5 Å². The average molecular weight is 651 g/mol. The highest BCUT2D eigenvalue weighted by molar-refractivity contribution is 5.79. The maximum atomic E-state index is 14.4. The molecule has 0 amide bonds. The van der Waals surface area contributed by atoms with Crippen LogP contribution in [-0.2, 0) is 14.3 Å². The summed E-state index contributed by atoms with van der Waals surface area (Å²) in [6, 6.07) is 0. The maximum absolute atomic E-state index is 14.4. The van der Waals surface area contributed by atoms with Crippen LogP contribution in [0.15, 0.2) is 11.6 Å². The molecule has 0 aromatic heterocycles. The molecule has 4 saturated carbocycles. The van der Waals surface area contributed by atoms with Crippen molar-refractivity contribution in [3.8, 4) is 0 Å². The number of carbonyl (C=O) groups is 1. The van der Waals surface area contributed by atoms with E-state index in [1.807, 2.05) is 6.92 Å². The van der Waals surface area contributed by atoms with E-state index < -0.39 is 66.3 Å². The van der Waals surface area contributed by atoms with Crippen molar-refractivity contribution < 1.29 is 50.0 Å². The third-order valence-electron chi connectivity index (χ3n) is 15.2. The monoisotopic (exact) mass is 650 g/mol. The summed E-state index contributed by atoms with van der Waals surface area (Å²) in [6.07, 6.45) is -0.357. The van der Waals surface area contributed by atoms with E-state index in [1.54, 1.807) is 0 Å². The van der Waals surface area contributed by atoms with Gasteiger partial charge in [-0.25, -0.2) is 0 Å². The normalized spacial score (nSPS) is 54.8. The summed E-state index contributed by atoms with van der Waals surface area (Å²) in [6.45, 7) is 12.7. The van der Waals surface area contributed by atoms with E-state index in [0.29, 0.717) is 19.3 Å². The molecule has 46 heavy (non-hydrogen) atoms. The molecule has 6 rings (SSSR count). The van der Waals surface area contributed by atoms with Crippen molar-refractivity contribution in [1.82, 2.24) is 0 Å². The standard InChI is InChI=1S/C36H58O10/c1-31(2)11-13-36(30(44)46-29-27(42)26(41)25(40)22(17-37)45-29)14-12-34(5)19(20(36)15-31)7-8-24-32(3)16-21(39)28(43)33(4,18-38)23(32)9-10-35(24,34)6/h7,20-29,37-43H,8-18H2,1-6H3/t20-,21-,22+,23+,24-,25+,26-,27+,28-,29-,32-,33-,34-,35-,36+/m1/s1. The van der Waals surface area contributed by atoms with Crippen molar-refractivity contribution in [2.75, 3.05) is 13.2 Å². The Morgan fingerprint density at radius 1 is 0.870 bits per heavy atom. The van der Waals surface area contributed by atoms with Crippen LogP contribution >= 0.6 is 0 Å². The van der Waals surface area contributed by atoms with Gasteiger partial charge in [-0.3, -0.25) is 4.79 Å². The Kier molecular flexibility index (Phi) is 8.46. The minimum Gasteiger partial charge on any atom is -0.432 e. The van der Waals surface area contributed by atoms with Gasteiger partial charge in [0.15, 0.2) is 0 Å². The third-order valence-corrected chi connectivity index (χ3v) is 15.2. The zero-order valence-corrected chi connectivity index (χ0v) is 28.5. The number of hydrogen-bond donors (Lipinski definition) is 7. The Balaban J connectivity index is 1.36. The molecule has 10 nitrogen and oxygen atoms in total. The average Bonchev–Trinajstić information content (AvgIpc) is 3.00. The van der Waals surface area contributed by atoms with E-state index in [4.69, 9.17) is 9.47 Å². The summed E-state index contributed by atoms with van der Waals surface area (Å²) >= 11 is 0.